The molecule has 1 aromatic rings. The molecule has 1 heterocycles. The number of aromatic nitrogens is 1. The van der Waals surface area contributed by atoms with Gasteiger partial charge in [0, 0.05) is 11.1 Å². The van der Waals surface area contributed by atoms with Crippen molar-refractivity contribution in [3.63, 3.8) is 0 Å². The van der Waals surface area contributed by atoms with E-state index in [2.05, 4.69) is 4.98 Å². The quantitative estimate of drug-likeness (QED) is 0.523. The van der Waals surface area contributed by atoms with Gasteiger partial charge in [0.15, 0.2) is 0 Å². The Bertz CT molecular complexity index is 530. The molecule has 0 N–H and O–H groups in total. The number of alkyl halides is 2. The van der Waals surface area contributed by atoms with Crippen LogP contribution in [0.25, 0.3) is 5.57 Å². The lowest BCUT2D eigenvalue weighted by Gasteiger charge is -2.14. The molecule has 0 saturated heterocycles. The molecular weight excluding hydrogens is 280 g/mol. The van der Waals surface area contributed by atoms with Crippen molar-refractivity contribution < 1.29 is 13.5 Å². The minimum absolute atomic E-state index is 0.218. The van der Waals surface area contributed by atoms with Crippen molar-refractivity contribution in [1.29, 1.82) is 0 Å². The zero-order chi connectivity index (χ0) is 15.1. The molecule has 0 atom stereocenters. The van der Waals surface area contributed by atoms with Gasteiger partial charge in [-0.25, -0.2) is 4.98 Å². The number of hydrogen-bond acceptors (Lipinski definition) is 3. The molecule has 1 rings (SSSR count). The summed E-state index contributed by atoms with van der Waals surface area (Å²) >= 11 is 1.46. The Morgan fingerprint density at radius 1 is 1.50 bits per heavy atom. The summed E-state index contributed by atoms with van der Waals surface area (Å²) in [6, 6.07) is 0. The zero-order valence-electron chi connectivity index (χ0n) is 12.1. The summed E-state index contributed by atoms with van der Waals surface area (Å²) in [6.45, 7) is 4.65. The monoisotopic (exact) mass is 299 g/mol. The van der Waals surface area contributed by atoms with Crippen molar-refractivity contribution in [1.82, 2.24) is 4.98 Å². The van der Waals surface area contributed by atoms with Crippen LogP contribution in [0.3, 0.4) is 0 Å². The number of ether oxygens (including phenoxy) is 1. The maximum atomic E-state index is 12.7. The molecule has 0 unspecified atom stereocenters. The number of halogens is 2. The second-order valence-corrected chi connectivity index (χ2v) is 5.46. The van der Waals surface area contributed by atoms with Gasteiger partial charge in [-0.15, -0.1) is 11.3 Å². The fourth-order valence-electron chi connectivity index (χ4n) is 1.56. The van der Waals surface area contributed by atoms with Gasteiger partial charge >= 0.3 is 6.61 Å². The van der Waals surface area contributed by atoms with Crippen molar-refractivity contribution >= 4 is 16.9 Å². The van der Waals surface area contributed by atoms with Gasteiger partial charge in [-0.2, -0.15) is 8.78 Å². The van der Waals surface area contributed by atoms with E-state index >= 15 is 0 Å². The Morgan fingerprint density at radius 2 is 2.20 bits per heavy atom. The van der Waals surface area contributed by atoms with Crippen LogP contribution in [-0.4, -0.2) is 11.6 Å². The number of aryl methyl sites for hydroxylation is 1. The molecule has 0 aliphatic rings. The molecule has 0 saturated carbocycles. The van der Waals surface area contributed by atoms with Gasteiger partial charge in [0.25, 0.3) is 0 Å². The Kier molecular flexibility index (Phi) is 6.58. The largest absolute Gasteiger partial charge is 0.434 e. The van der Waals surface area contributed by atoms with Gasteiger partial charge in [-0.1, -0.05) is 19.1 Å². The summed E-state index contributed by atoms with van der Waals surface area (Å²) in [5.74, 6) is 0.218. The number of nitrogens with zero attached hydrogens (tertiary/aromatic N) is 1. The molecular formula is C15H19F2NOS. The Morgan fingerprint density at radius 3 is 2.65 bits per heavy atom. The van der Waals surface area contributed by atoms with Crippen LogP contribution in [0.4, 0.5) is 8.78 Å². The number of thiazole rings is 1. The fourth-order valence-corrected chi connectivity index (χ4v) is 2.35. The molecule has 0 fully saturated rings. The van der Waals surface area contributed by atoms with Gasteiger partial charge in [-0.3, -0.25) is 0 Å². The summed E-state index contributed by atoms with van der Waals surface area (Å²) < 4.78 is 30.1. The average molecular weight is 299 g/mol. The van der Waals surface area contributed by atoms with Crippen molar-refractivity contribution in [3.8, 4) is 0 Å². The number of hydrogen-bond donors (Lipinski definition) is 0. The minimum atomic E-state index is -2.85. The molecule has 0 radical (unpaired) electrons. The van der Waals surface area contributed by atoms with Crippen LogP contribution in [0.2, 0.25) is 0 Å². The topological polar surface area (TPSA) is 22.1 Å². The van der Waals surface area contributed by atoms with E-state index in [1.165, 1.54) is 11.3 Å². The predicted octanol–water partition coefficient (Wildman–Crippen LogP) is 5.33. The zero-order valence-corrected chi connectivity index (χ0v) is 12.9. The van der Waals surface area contributed by atoms with Crippen LogP contribution in [0.15, 0.2) is 35.8 Å². The Hall–Kier alpha value is -1.49. The first-order valence-corrected chi connectivity index (χ1v) is 7.21. The molecule has 0 bridgehead atoms. The first-order chi connectivity index (χ1) is 9.49. The third kappa shape index (κ3) is 4.56. The van der Waals surface area contributed by atoms with Crippen molar-refractivity contribution in [2.45, 2.75) is 40.7 Å². The molecule has 0 aliphatic heterocycles. The van der Waals surface area contributed by atoms with E-state index in [0.717, 1.165) is 10.5 Å². The van der Waals surface area contributed by atoms with Gasteiger partial charge in [-0.05, 0) is 38.8 Å². The summed E-state index contributed by atoms with van der Waals surface area (Å²) in [4.78, 5) is 5.30. The van der Waals surface area contributed by atoms with Gasteiger partial charge in [0.1, 0.15) is 10.8 Å². The smallest absolute Gasteiger partial charge is 0.387 e. The minimum Gasteiger partial charge on any atom is -0.434 e. The second kappa shape index (κ2) is 7.94. The third-order valence-electron chi connectivity index (χ3n) is 2.68. The highest BCUT2D eigenvalue weighted by atomic mass is 32.1. The van der Waals surface area contributed by atoms with Crippen LogP contribution in [0.1, 0.15) is 37.1 Å². The van der Waals surface area contributed by atoms with Crippen LogP contribution in [0, 0.1) is 6.92 Å². The molecule has 20 heavy (non-hydrogen) atoms. The average Bonchev–Trinajstić information content (AvgIpc) is 2.83. The standard InChI is InChI=1S/C15H19F2NOS/c1-5-7-8-12(14-18-9-11(4)20-14)13(10(3)6-2)19-15(16)17/h5,7-9,15H,6H2,1-4H3/b7-5-,12-8+,13-10+. The lowest BCUT2D eigenvalue weighted by molar-refractivity contribution is -0.0918. The first kappa shape index (κ1) is 16.6. The molecule has 0 spiro atoms. The number of allylic oxidation sites excluding steroid dienone is 5. The third-order valence-corrected chi connectivity index (χ3v) is 3.62. The maximum Gasteiger partial charge on any atom is 0.387 e. The predicted molar refractivity (Wildman–Crippen MR) is 79.7 cm³/mol. The SMILES string of the molecule is C\C=C/C=C(\C(OC(F)F)=C(\C)CC)c1ncc(C)s1. The normalized spacial score (nSPS) is 14.1. The summed E-state index contributed by atoms with van der Waals surface area (Å²) in [6.07, 6.45) is 7.76. The highest BCUT2D eigenvalue weighted by Crippen LogP contribution is 2.32. The second-order valence-electron chi connectivity index (χ2n) is 4.22. The van der Waals surface area contributed by atoms with E-state index in [1.54, 1.807) is 25.3 Å². The lowest BCUT2D eigenvalue weighted by Crippen LogP contribution is -2.04. The molecule has 0 aliphatic carbocycles. The van der Waals surface area contributed by atoms with E-state index in [-0.39, 0.29) is 5.76 Å². The Balaban J connectivity index is 3.33. The highest BCUT2D eigenvalue weighted by Gasteiger charge is 2.18. The van der Waals surface area contributed by atoms with Crippen LogP contribution >= 0.6 is 11.3 Å². The molecule has 2 nitrogen and oxygen atoms in total. The van der Waals surface area contributed by atoms with Gasteiger partial charge < -0.3 is 4.74 Å². The summed E-state index contributed by atoms with van der Waals surface area (Å²) in [5, 5.41) is 0.684. The summed E-state index contributed by atoms with van der Waals surface area (Å²) in [7, 11) is 0. The van der Waals surface area contributed by atoms with Gasteiger partial charge in [0.2, 0.25) is 0 Å². The molecule has 5 heteroatoms. The fraction of sp³-hybridized carbons (Fsp3) is 0.400. The van der Waals surface area contributed by atoms with E-state index in [4.69, 9.17) is 4.74 Å². The Labute approximate surface area is 122 Å². The van der Waals surface area contributed by atoms with Crippen LogP contribution < -0.4 is 0 Å². The molecule has 1 aromatic heterocycles. The maximum absolute atomic E-state index is 12.7. The van der Waals surface area contributed by atoms with E-state index in [9.17, 15) is 8.78 Å². The van der Waals surface area contributed by atoms with E-state index in [0.29, 0.717) is 17.0 Å². The first-order valence-electron chi connectivity index (χ1n) is 6.40. The van der Waals surface area contributed by atoms with E-state index < -0.39 is 6.61 Å². The van der Waals surface area contributed by atoms with Gasteiger partial charge in [0.05, 0.1) is 5.57 Å². The molecule has 110 valence electrons. The number of rotatable bonds is 6. The van der Waals surface area contributed by atoms with E-state index in [1.807, 2.05) is 26.8 Å². The highest BCUT2D eigenvalue weighted by molar-refractivity contribution is 7.12. The van der Waals surface area contributed by atoms with Crippen LogP contribution in [-0.2, 0) is 4.74 Å². The van der Waals surface area contributed by atoms with Crippen molar-refractivity contribution in [2.75, 3.05) is 0 Å². The lowest BCUT2D eigenvalue weighted by atomic mass is 10.1. The van der Waals surface area contributed by atoms with Crippen molar-refractivity contribution in [2.24, 2.45) is 0 Å². The molecule has 0 aromatic carbocycles. The summed E-state index contributed by atoms with van der Waals surface area (Å²) in [5.41, 5.74) is 1.37. The van der Waals surface area contributed by atoms with Crippen LogP contribution in [0.5, 0.6) is 0 Å². The molecule has 0 amide bonds. The van der Waals surface area contributed by atoms with Crippen molar-refractivity contribution in [3.05, 3.63) is 45.6 Å².